The summed E-state index contributed by atoms with van der Waals surface area (Å²) in [5.74, 6) is 0.685. The molecule has 0 saturated heterocycles. The van der Waals surface area contributed by atoms with E-state index >= 15 is 0 Å². The van der Waals surface area contributed by atoms with E-state index in [-0.39, 0.29) is 5.91 Å². The van der Waals surface area contributed by atoms with Gasteiger partial charge >= 0.3 is 0 Å². The first kappa shape index (κ1) is 22.0. The number of rotatable bonds is 7. The Morgan fingerprint density at radius 2 is 1.69 bits per heavy atom. The van der Waals surface area contributed by atoms with Gasteiger partial charge in [-0.05, 0) is 75.4 Å². The smallest absolute Gasteiger partial charge is 0.252 e. The minimum atomic E-state index is -0.491. The van der Waals surface area contributed by atoms with Gasteiger partial charge < -0.3 is 16.4 Å². The largest absolute Gasteiger partial charge is 0.366 e. The minimum Gasteiger partial charge on any atom is -0.366 e. The molecule has 1 fully saturated rings. The van der Waals surface area contributed by atoms with Gasteiger partial charge in [0.05, 0.1) is 16.8 Å². The molecule has 0 unspecified atom stereocenters. The number of aromatic nitrogens is 1. The summed E-state index contributed by atoms with van der Waals surface area (Å²) in [7, 11) is 2.00. The molecule has 2 amide bonds. The molecular weight excluding hydrogens is 400 g/mol. The van der Waals surface area contributed by atoms with E-state index in [0.717, 1.165) is 41.8 Å². The Hall–Kier alpha value is -3.25. The van der Waals surface area contributed by atoms with Crippen LogP contribution < -0.4 is 16.4 Å². The Balaban J connectivity index is 1.56. The van der Waals surface area contributed by atoms with Crippen molar-refractivity contribution in [2.45, 2.75) is 25.7 Å². The van der Waals surface area contributed by atoms with Crippen LogP contribution in [0.5, 0.6) is 0 Å². The molecule has 0 atom stereocenters. The average Bonchev–Trinajstić information content (AvgIpc) is 2.83. The lowest BCUT2D eigenvalue weighted by Crippen LogP contribution is -2.32. The van der Waals surface area contributed by atoms with Crippen molar-refractivity contribution in [2.75, 3.05) is 20.1 Å². The van der Waals surface area contributed by atoms with Crippen molar-refractivity contribution < 1.29 is 9.59 Å². The number of pyridine rings is 1. The van der Waals surface area contributed by atoms with Crippen molar-refractivity contribution >= 4 is 22.7 Å². The number of nitrogens with zero attached hydrogens (tertiary/aromatic N) is 1. The lowest BCUT2D eigenvalue weighted by atomic mass is 9.82. The van der Waals surface area contributed by atoms with Gasteiger partial charge in [-0.25, -0.2) is 4.98 Å². The number of amides is 2. The molecule has 6 nitrogen and oxygen atoms in total. The number of benzene rings is 2. The third-order valence-electron chi connectivity index (χ3n) is 6.41. The second kappa shape index (κ2) is 9.92. The van der Waals surface area contributed by atoms with Crippen LogP contribution in [0.25, 0.3) is 22.2 Å². The highest BCUT2D eigenvalue weighted by Gasteiger charge is 2.22. The monoisotopic (exact) mass is 430 g/mol. The highest BCUT2D eigenvalue weighted by molar-refractivity contribution is 6.07. The van der Waals surface area contributed by atoms with Gasteiger partial charge in [0.25, 0.3) is 5.91 Å². The van der Waals surface area contributed by atoms with E-state index < -0.39 is 5.91 Å². The highest BCUT2D eigenvalue weighted by atomic mass is 16.2. The first-order chi connectivity index (χ1) is 15.5. The van der Waals surface area contributed by atoms with Crippen LogP contribution in [0.2, 0.25) is 0 Å². The Bertz CT molecular complexity index is 1120. The summed E-state index contributed by atoms with van der Waals surface area (Å²) in [5.41, 5.74) is 8.59. The second-order valence-electron chi connectivity index (χ2n) is 8.67. The fraction of sp³-hybridized carbons (Fsp3) is 0.346. The number of primary amides is 1. The zero-order valence-electron chi connectivity index (χ0n) is 18.4. The van der Waals surface area contributed by atoms with Gasteiger partial charge in [-0.2, -0.15) is 0 Å². The van der Waals surface area contributed by atoms with Crippen LogP contribution in [0.1, 0.15) is 46.4 Å². The number of nitrogens with two attached hydrogens (primary N) is 1. The lowest BCUT2D eigenvalue weighted by Gasteiger charge is -2.28. The van der Waals surface area contributed by atoms with E-state index in [4.69, 9.17) is 10.7 Å². The highest BCUT2D eigenvalue weighted by Crippen LogP contribution is 2.29. The fourth-order valence-corrected chi connectivity index (χ4v) is 4.60. The maximum atomic E-state index is 13.2. The Morgan fingerprint density at radius 3 is 2.41 bits per heavy atom. The predicted molar refractivity (Wildman–Crippen MR) is 127 cm³/mol. The third-order valence-corrected chi connectivity index (χ3v) is 6.41. The SMILES string of the molecule is CNCC1CCC(CNC(=O)c2cc(-c3cccc(C(N)=O)c3)nc3ccccc23)CC1. The Morgan fingerprint density at radius 1 is 0.969 bits per heavy atom. The molecule has 0 aliphatic heterocycles. The van der Waals surface area contributed by atoms with Gasteiger partial charge in [0, 0.05) is 23.1 Å². The maximum absolute atomic E-state index is 13.2. The summed E-state index contributed by atoms with van der Waals surface area (Å²) in [6.07, 6.45) is 4.71. The van der Waals surface area contributed by atoms with E-state index in [1.54, 1.807) is 18.2 Å². The molecule has 1 aliphatic rings. The van der Waals surface area contributed by atoms with Crippen LogP contribution in [-0.4, -0.2) is 36.9 Å². The molecule has 2 aromatic carbocycles. The number of hydrogen-bond acceptors (Lipinski definition) is 4. The normalized spacial score (nSPS) is 18.4. The molecule has 1 aliphatic carbocycles. The van der Waals surface area contributed by atoms with Gasteiger partial charge in [-0.3, -0.25) is 9.59 Å². The van der Waals surface area contributed by atoms with E-state index in [1.165, 1.54) is 12.8 Å². The van der Waals surface area contributed by atoms with Crippen molar-refractivity contribution in [2.24, 2.45) is 17.6 Å². The molecule has 4 rings (SSSR count). The van der Waals surface area contributed by atoms with E-state index in [2.05, 4.69) is 10.6 Å². The Kier molecular flexibility index (Phi) is 6.81. The van der Waals surface area contributed by atoms with Crippen LogP contribution in [0.4, 0.5) is 0 Å². The molecule has 6 heteroatoms. The summed E-state index contributed by atoms with van der Waals surface area (Å²) in [5, 5.41) is 7.24. The first-order valence-corrected chi connectivity index (χ1v) is 11.3. The molecule has 4 N–H and O–H groups in total. The molecule has 166 valence electrons. The molecule has 1 saturated carbocycles. The van der Waals surface area contributed by atoms with Crippen molar-refractivity contribution in [3.8, 4) is 11.3 Å². The quantitative estimate of drug-likeness (QED) is 0.532. The number of fused-ring (bicyclic) bond motifs is 1. The second-order valence-corrected chi connectivity index (χ2v) is 8.67. The van der Waals surface area contributed by atoms with Crippen LogP contribution in [-0.2, 0) is 0 Å². The summed E-state index contributed by atoms with van der Waals surface area (Å²) < 4.78 is 0. The minimum absolute atomic E-state index is 0.0896. The lowest BCUT2D eigenvalue weighted by molar-refractivity contribution is 0.0942. The van der Waals surface area contributed by atoms with Gasteiger partial charge in [-0.1, -0.05) is 30.3 Å². The zero-order valence-corrected chi connectivity index (χ0v) is 18.4. The molecule has 1 aromatic heterocycles. The molecule has 0 bridgehead atoms. The van der Waals surface area contributed by atoms with Crippen molar-refractivity contribution in [1.82, 2.24) is 15.6 Å². The van der Waals surface area contributed by atoms with E-state index in [0.29, 0.717) is 29.3 Å². The molecule has 0 radical (unpaired) electrons. The van der Waals surface area contributed by atoms with Crippen LogP contribution >= 0.6 is 0 Å². The molecule has 3 aromatic rings. The van der Waals surface area contributed by atoms with Crippen molar-refractivity contribution in [1.29, 1.82) is 0 Å². The maximum Gasteiger partial charge on any atom is 0.252 e. The van der Waals surface area contributed by atoms with Crippen LogP contribution in [0.3, 0.4) is 0 Å². The van der Waals surface area contributed by atoms with Crippen LogP contribution in [0.15, 0.2) is 54.6 Å². The molecule has 1 heterocycles. The standard InChI is InChI=1S/C26H30N4O2/c1-28-15-17-9-11-18(12-10-17)16-29-26(32)22-14-24(30-23-8-3-2-7-21(22)23)19-5-4-6-20(13-19)25(27)31/h2-8,13-14,17-18,28H,9-12,15-16H2,1H3,(H2,27,31)(H,29,32). The number of carbonyl (C=O) groups is 2. The van der Waals surface area contributed by atoms with Gasteiger partial charge in [0.15, 0.2) is 0 Å². The zero-order chi connectivity index (χ0) is 22.5. The van der Waals surface area contributed by atoms with Gasteiger partial charge in [0.1, 0.15) is 0 Å². The molecular formula is C26H30N4O2. The van der Waals surface area contributed by atoms with Crippen molar-refractivity contribution in [3.05, 3.63) is 65.7 Å². The Labute approximate surface area is 188 Å². The van der Waals surface area contributed by atoms with E-state index in [1.807, 2.05) is 43.4 Å². The molecule has 0 spiro atoms. The number of hydrogen-bond donors (Lipinski definition) is 3. The number of nitrogens with one attached hydrogen (secondary N) is 2. The van der Waals surface area contributed by atoms with Crippen molar-refractivity contribution in [3.63, 3.8) is 0 Å². The fourth-order valence-electron chi connectivity index (χ4n) is 4.60. The predicted octanol–water partition coefficient (Wildman–Crippen LogP) is 3.76. The number of carbonyl (C=O) groups excluding carboxylic acids is 2. The average molecular weight is 431 g/mol. The summed E-state index contributed by atoms with van der Waals surface area (Å²) >= 11 is 0. The van der Waals surface area contributed by atoms with Gasteiger partial charge in [-0.15, -0.1) is 0 Å². The first-order valence-electron chi connectivity index (χ1n) is 11.3. The number of para-hydroxylation sites is 1. The van der Waals surface area contributed by atoms with Crippen LogP contribution in [0, 0.1) is 11.8 Å². The molecule has 32 heavy (non-hydrogen) atoms. The van der Waals surface area contributed by atoms with Gasteiger partial charge in [0.2, 0.25) is 5.91 Å². The summed E-state index contributed by atoms with van der Waals surface area (Å²) in [4.78, 5) is 29.5. The topological polar surface area (TPSA) is 97.1 Å². The summed E-state index contributed by atoms with van der Waals surface area (Å²) in [6, 6.07) is 16.5. The van der Waals surface area contributed by atoms with E-state index in [9.17, 15) is 9.59 Å². The third kappa shape index (κ3) is 4.97. The summed E-state index contributed by atoms with van der Waals surface area (Å²) in [6.45, 7) is 1.76.